The van der Waals surface area contributed by atoms with Crippen molar-refractivity contribution in [2.24, 2.45) is 0 Å². The summed E-state index contributed by atoms with van der Waals surface area (Å²) in [6, 6.07) is 0. The Morgan fingerprint density at radius 2 is 2.44 bits per heavy atom. The quantitative estimate of drug-likeness (QED) is 0.812. The summed E-state index contributed by atoms with van der Waals surface area (Å²) >= 11 is 0. The normalized spacial score (nSPS) is 31.3. The van der Waals surface area contributed by atoms with Crippen molar-refractivity contribution < 1.29 is 4.74 Å². The Balaban J connectivity index is 1.89. The van der Waals surface area contributed by atoms with Crippen LogP contribution >= 0.6 is 0 Å². The SMILES string of the molecule is CC1(n2cncc2C2CNC2)CCCOC1. The summed E-state index contributed by atoms with van der Waals surface area (Å²) in [4.78, 5) is 4.33. The standard InChI is InChI=1S/C12H19N3O/c1-12(3-2-4-16-8-12)15-9-14-7-11(15)10-5-13-6-10/h7,9-10,13H,2-6,8H2,1H3. The van der Waals surface area contributed by atoms with Crippen molar-refractivity contribution in [1.29, 1.82) is 0 Å². The lowest BCUT2D eigenvalue weighted by molar-refractivity contribution is 0.00749. The van der Waals surface area contributed by atoms with Crippen LogP contribution < -0.4 is 5.32 Å². The number of imidazole rings is 1. The molecular weight excluding hydrogens is 202 g/mol. The predicted octanol–water partition coefficient (Wildman–Crippen LogP) is 1.10. The van der Waals surface area contributed by atoms with Crippen molar-refractivity contribution in [2.75, 3.05) is 26.3 Å². The molecule has 1 aromatic rings. The van der Waals surface area contributed by atoms with E-state index in [0.29, 0.717) is 5.92 Å². The van der Waals surface area contributed by atoms with E-state index in [4.69, 9.17) is 4.74 Å². The van der Waals surface area contributed by atoms with Crippen LogP contribution in [-0.2, 0) is 10.3 Å². The van der Waals surface area contributed by atoms with Gasteiger partial charge in [-0.1, -0.05) is 0 Å². The van der Waals surface area contributed by atoms with E-state index in [2.05, 4.69) is 21.8 Å². The van der Waals surface area contributed by atoms with Crippen LogP contribution in [0.25, 0.3) is 0 Å². The molecule has 0 spiro atoms. The molecule has 3 heterocycles. The molecule has 1 N–H and O–H groups in total. The van der Waals surface area contributed by atoms with Crippen LogP contribution in [-0.4, -0.2) is 35.9 Å². The third-order valence-electron chi connectivity index (χ3n) is 3.87. The predicted molar refractivity (Wildman–Crippen MR) is 61.5 cm³/mol. The summed E-state index contributed by atoms with van der Waals surface area (Å²) in [5.41, 5.74) is 1.48. The fourth-order valence-corrected chi connectivity index (χ4v) is 2.67. The molecule has 1 atom stereocenters. The number of ether oxygens (including phenoxy) is 1. The first kappa shape index (κ1) is 10.3. The van der Waals surface area contributed by atoms with Crippen LogP contribution in [0.2, 0.25) is 0 Å². The molecule has 0 aliphatic carbocycles. The molecule has 4 heteroatoms. The monoisotopic (exact) mass is 221 g/mol. The summed E-state index contributed by atoms with van der Waals surface area (Å²) in [5, 5.41) is 3.32. The first-order chi connectivity index (χ1) is 7.80. The van der Waals surface area contributed by atoms with Gasteiger partial charge in [-0.05, 0) is 19.8 Å². The Bertz CT molecular complexity index is 364. The van der Waals surface area contributed by atoms with E-state index < -0.39 is 0 Å². The van der Waals surface area contributed by atoms with Crippen molar-refractivity contribution in [1.82, 2.24) is 14.9 Å². The van der Waals surface area contributed by atoms with E-state index in [1.54, 1.807) is 0 Å². The molecular formula is C12H19N3O. The van der Waals surface area contributed by atoms with E-state index in [1.165, 1.54) is 12.1 Å². The van der Waals surface area contributed by atoms with Gasteiger partial charge < -0.3 is 14.6 Å². The number of aromatic nitrogens is 2. The molecule has 1 aromatic heterocycles. The fourth-order valence-electron chi connectivity index (χ4n) is 2.67. The van der Waals surface area contributed by atoms with Crippen LogP contribution in [0.15, 0.2) is 12.5 Å². The van der Waals surface area contributed by atoms with E-state index in [1.807, 2.05) is 12.5 Å². The molecule has 4 nitrogen and oxygen atoms in total. The molecule has 0 radical (unpaired) electrons. The third-order valence-corrected chi connectivity index (χ3v) is 3.87. The summed E-state index contributed by atoms with van der Waals surface area (Å²) < 4.78 is 7.98. The van der Waals surface area contributed by atoms with Crippen molar-refractivity contribution >= 4 is 0 Å². The number of hydrogen-bond donors (Lipinski definition) is 1. The molecule has 88 valence electrons. The number of nitrogens with one attached hydrogen (secondary N) is 1. The largest absolute Gasteiger partial charge is 0.379 e. The van der Waals surface area contributed by atoms with E-state index in [0.717, 1.165) is 32.7 Å². The Kier molecular flexibility index (Phi) is 2.48. The minimum absolute atomic E-state index is 0.111. The lowest BCUT2D eigenvalue weighted by Gasteiger charge is -2.38. The molecule has 16 heavy (non-hydrogen) atoms. The van der Waals surface area contributed by atoms with Gasteiger partial charge in [-0.25, -0.2) is 4.98 Å². The van der Waals surface area contributed by atoms with Gasteiger partial charge in [0.2, 0.25) is 0 Å². The maximum Gasteiger partial charge on any atom is 0.0954 e. The van der Waals surface area contributed by atoms with Gasteiger partial charge in [-0.15, -0.1) is 0 Å². The van der Waals surface area contributed by atoms with Crippen LogP contribution in [0.1, 0.15) is 31.4 Å². The zero-order chi connectivity index (χ0) is 11.0. The lowest BCUT2D eigenvalue weighted by Crippen LogP contribution is -2.45. The highest BCUT2D eigenvalue weighted by Crippen LogP contribution is 2.31. The van der Waals surface area contributed by atoms with Crippen LogP contribution in [0.4, 0.5) is 0 Å². The van der Waals surface area contributed by atoms with Crippen LogP contribution in [0, 0.1) is 0 Å². The summed E-state index contributed by atoms with van der Waals surface area (Å²) in [6.07, 6.45) is 6.33. The van der Waals surface area contributed by atoms with Gasteiger partial charge in [0.05, 0.1) is 18.5 Å². The zero-order valence-corrected chi connectivity index (χ0v) is 9.78. The zero-order valence-electron chi connectivity index (χ0n) is 9.78. The number of hydrogen-bond acceptors (Lipinski definition) is 3. The summed E-state index contributed by atoms with van der Waals surface area (Å²) in [6.45, 7) is 6.18. The second-order valence-electron chi connectivity index (χ2n) is 5.20. The molecule has 0 aromatic carbocycles. The van der Waals surface area contributed by atoms with Gasteiger partial charge >= 0.3 is 0 Å². The maximum atomic E-state index is 5.63. The van der Waals surface area contributed by atoms with Crippen molar-refractivity contribution in [3.8, 4) is 0 Å². The average molecular weight is 221 g/mol. The number of nitrogens with zero attached hydrogens (tertiary/aromatic N) is 2. The molecule has 0 bridgehead atoms. The number of rotatable bonds is 2. The molecule has 2 saturated heterocycles. The molecule has 0 amide bonds. The lowest BCUT2D eigenvalue weighted by atomic mass is 9.92. The van der Waals surface area contributed by atoms with Crippen LogP contribution in [0.3, 0.4) is 0 Å². The molecule has 2 aliphatic rings. The molecule has 2 fully saturated rings. The second-order valence-corrected chi connectivity index (χ2v) is 5.20. The second kappa shape index (κ2) is 3.86. The molecule has 1 unspecified atom stereocenters. The molecule has 2 aliphatic heterocycles. The Labute approximate surface area is 96.0 Å². The Hall–Kier alpha value is -0.870. The minimum Gasteiger partial charge on any atom is -0.379 e. The highest BCUT2D eigenvalue weighted by atomic mass is 16.5. The summed E-state index contributed by atoms with van der Waals surface area (Å²) in [7, 11) is 0. The van der Waals surface area contributed by atoms with E-state index >= 15 is 0 Å². The van der Waals surface area contributed by atoms with Gasteiger partial charge in [-0.2, -0.15) is 0 Å². The van der Waals surface area contributed by atoms with E-state index in [-0.39, 0.29) is 5.54 Å². The smallest absolute Gasteiger partial charge is 0.0954 e. The minimum atomic E-state index is 0.111. The van der Waals surface area contributed by atoms with Gasteiger partial charge in [0.1, 0.15) is 0 Å². The topological polar surface area (TPSA) is 39.1 Å². The maximum absolute atomic E-state index is 5.63. The summed E-state index contributed by atoms with van der Waals surface area (Å²) in [5.74, 6) is 0.640. The Morgan fingerprint density at radius 1 is 1.56 bits per heavy atom. The van der Waals surface area contributed by atoms with Crippen molar-refractivity contribution in [3.63, 3.8) is 0 Å². The van der Waals surface area contributed by atoms with Crippen molar-refractivity contribution in [3.05, 3.63) is 18.2 Å². The van der Waals surface area contributed by atoms with Gasteiger partial charge in [-0.3, -0.25) is 0 Å². The fraction of sp³-hybridized carbons (Fsp3) is 0.750. The molecule has 0 saturated carbocycles. The first-order valence-corrected chi connectivity index (χ1v) is 6.11. The highest BCUT2D eigenvalue weighted by molar-refractivity contribution is 5.14. The average Bonchev–Trinajstić information content (AvgIpc) is 2.66. The van der Waals surface area contributed by atoms with Gasteiger partial charge in [0, 0.05) is 37.5 Å². The first-order valence-electron chi connectivity index (χ1n) is 6.11. The van der Waals surface area contributed by atoms with E-state index in [9.17, 15) is 0 Å². The van der Waals surface area contributed by atoms with Crippen molar-refractivity contribution in [2.45, 2.75) is 31.2 Å². The molecule has 3 rings (SSSR count). The third kappa shape index (κ3) is 1.57. The van der Waals surface area contributed by atoms with Gasteiger partial charge in [0.25, 0.3) is 0 Å². The van der Waals surface area contributed by atoms with Gasteiger partial charge in [0.15, 0.2) is 0 Å². The van der Waals surface area contributed by atoms with Crippen LogP contribution in [0.5, 0.6) is 0 Å². The highest BCUT2D eigenvalue weighted by Gasteiger charge is 2.33. The Morgan fingerprint density at radius 3 is 3.06 bits per heavy atom.